The van der Waals surface area contributed by atoms with Crippen LogP contribution in [0.25, 0.3) is 0 Å². The molecule has 0 bridgehead atoms. The van der Waals surface area contributed by atoms with Crippen LogP contribution < -0.4 is 10.6 Å². The summed E-state index contributed by atoms with van der Waals surface area (Å²) < 4.78 is 0. The summed E-state index contributed by atoms with van der Waals surface area (Å²) in [5.41, 5.74) is 2.76. The van der Waals surface area contributed by atoms with Crippen molar-refractivity contribution in [3.63, 3.8) is 0 Å². The highest BCUT2D eigenvalue weighted by Gasteiger charge is 2.12. The molecule has 1 amide bonds. The number of aromatic nitrogens is 2. The van der Waals surface area contributed by atoms with Crippen LogP contribution in [0.1, 0.15) is 34.5 Å². The Labute approximate surface area is 151 Å². The number of nitrogens with zero attached hydrogens (tertiary/aromatic N) is 3. The molecule has 128 valence electrons. The first-order valence-corrected chi connectivity index (χ1v) is 8.11. The highest BCUT2D eigenvalue weighted by Crippen LogP contribution is 2.15. The number of nitrogens with one attached hydrogen (secondary N) is 2. The van der Waals surface area contributed by atoms with E-state index >= 15 is 0 Å². The number of hydrogen-bond donors (Lipinski definition) is 2. The third kappa shape index (κ3) is 4.22. The van der Waals surface area contributed by atoms with Gasteiger partial charge in [-0.2, -0.15) is 5.26 Å². The molecule has 1 aromatic heterocycles. The molecule has 0 aliphatic rings. The fraction of sp³-hybridized carbons (Fsp3) is 0.100. The number of carbonyl (C=O) groups excluding carboxylic acids is 1. The minimum absolute atomic E-state index is 0.111. The van der Waals surface area contributed by atoms with Crippen LogP contribution in [0.15, 0.2) is 67.0 Å². The third-order valence-corrected chi connectivity index (χ3v) is 3.83. The number of benzene rings is 2. The van der Waals surface area contributed by atoms with Gasteiger partial charge in [-0.15, -0.1) is 0 Å². The van der Waals surface area contributed by atoms with Crippen molar-refractivity contribution in [3.05, 3.63) is 83.7 Å². The van der Waals surface area contributed by atoms with Gasteiger partial charge in [-0.25, -0.2) is 9.97 Å². The molecule has 0 saturated heterocycles. The largest absolute Gasteiger partial charge is 0.345 e. The second-order valence-corrected chi connectivity index (χ2v) is 5.72. The first-order valence-electron chi connectivity index (χ1n) is 8.11. The number of nitriles is 1. The van der Waals surface area contributed by atoms with Crippen molar-refractivity contribution >= 4 is 17.5 Å². The second kappa shape index (κ2) is 7.90. The lowest BCUT2D eigenvalue weighted by molar-refractivity contribution is 0.0939. The van der Waals surface area contributed by atoms with E-state index in [-0.39, 0.29) is 11.9 Å². The van der Waals surface area contributed by atoms with Crippen LogP contribution in [0.3, 0.4) is 0 Å². The predicted molar refractivity (Wildman–Crippen MR) is 98.8 cm³/mol. The Hall–Kier alpha value is -3.72. The quantitative estimate of drug-likeness (QED) is 0.739. The molecule has 6 heteroatoms. The predicted octanol–water partition coefficient (Wildman–Crippen LogP) is 3.58. The van der Waals surface area contributed by atoms with Gasteiger partial charge in [0.15, 0.2) is 0 Å². The van der Waals surface area contributed by atoms with Crippen LogP contribution in [-0.4, -0.2) is 15.9 Å². The molecule has 1 atom stereocenters. The van der Waals surface area contributed by atoms with Crippen molar-refractivity contribution in [2.24, 2.45) is 0 Å². The Bertz CT molecular complexity index is 915. The van der Waals surface area contributed by atoms with Crippen LogP contribution in [0.5, 0.6) is 0 Å². The van der Waals surface area contributed by atoms with E-state index in [4.69, 9.17) is 5.26 Å². The Morgan fingerprint density at radius 2 is 1.69 bits per heavy atom. The van der Waals surface area contributed by atoms with Crippen molar-refractivity contribution in [1.29, 1.82) is 5.26 Å². The smallest absolute Gasteiger partial charge is 0.254 e. The molecule has 1 heterocycles. The Morgan fingerprint density at radius 3 is 2.31 bits per heavy atom. The lowest BCUT2D eigenvalue weighted by atomic mass is 10.1. The maximum absolute atomic E-state index is 12.3. The first kappa shape index (κ1) is 17.1. The average Bonchev–Trinajstić information content (AvgIpc) is 2.69. The standard InChI is InChI=1S/C20H17N5O/c1-14(16-5-3-2-4-6-16)24-19(26)17-12-22-20(23-13-17)25-18-9-7-15(11-21)8-10-18/h2-10,12-14H,1H3,(H,24,26)(H,22,23,25). The third-order valence-electron chi connectivity index (χ3n) is 3.83. The van der Waals surface area contributed by atoms with E-state index in [1.807, 2.05) is 37.3 Å². The molecule has 0 spiro atoms. The summed E-state index contributed by atoms with van der Waals surface area (Å²) >= 11 is 0. The van der Waals surface area contributed by atoms with Crippen LogP contribution >= 0.6 is 0 Å². The molecular formula is C20H17N5O. The highest BCUT2D eigenvalue weighted by molar-refractivity contribution is 5.93. The number of anilines is 2. The van der Waals surface area contributed by atoms with Gasteiger partial charge in [-0.3, -0.25) is 4.79 Å². The van der Waals surface area contributed by atoms with Gasteiger partial charge in [0.25, 0.3) is 5.91 Å². The Kier molecular flexibility index (Phi) is 5.20. The minimum atomic E-state index is -0.230. The fourth-order valence-corrected chi connectivity index (χ4v) is 2.37. The van der Waals surface area contributed by atoms with Crippen molar-refractivity contribution in [1.82, 2.24) is 15.3 Å². The summed E-state index contributed by atoms with van der Waals surface area (Å²) in [5, 5.41) is 14.8. The summed E-state index contributed by atoms with van der Waals surface area (Å²) in [6.07, 6.45) is 2.96. The van der Waals surface area contributed by atoms with Gasteiger partial charge in [0, 0.05) is 18.1 Å². The summed E-state index contributed by atoms with van der Waals surface area (Å²) in [5.74, 6) is 0.147. The highest BCUT2D eigenvalue weighted by atomic mass is 16.1. The molecule has 3 rings (SSSR count). The first-order chi connectivity index (χ1) is 12.7. The van der Waals surface area contributed by atoms with E-state index < -0.39 is 0 Å². The summed E-state index contributed by atoms with van der Waals surface area (Å²) in [7, 11) is 0. The number of rotatable bonds is 5. The van der Waals surface area contributed by atoms with Crippen LogP contribution in [-0.2, 0) is 0 Å². The van der Waals surface area contributed by atoms with E-state index in [9.17, 15) is 4.79 Å². The van der Waals surface area contributed by atoms with E-state index in [0.717, 1.165) is 11.3 Å². The Morgan fingerprint density at radius 1 is 1.04 bits per heavy atom. The molecule has 0 radical (unpaired) electrons. The number of hydrogen-bond acceptors (Lipinski definition) is 5. The van der Waals surface area contributed by atoms with E-state index in [0.29, 0.717) is 17.1 Å². The topological polar surface area (TPSA) is 90.7 Å². The molecule has 3 aromatic rings. The maximum Gasteiger partial charge on any atom is 0.254 e. The van der Waals surface area contributed by atoms with Crippen LogP contribution in [0.2, 0.25) is 0 Å². The molecule has 0 fully saturated rings. The molecule has 2 N–H and O–H groups in total. The lowest BCUT2D eigenvalue weighted by Crippen LogP contribution is -2.26. The zero-order valence-electron chi connectivity index (χ0n) is 14.2. The molecular weight excluding hydrogens is 326 g/mol. The summed E-state index contributed by atoms with van der Waals surface area (Å²) in [4.78, 5) is 20.7. The molecule has 6 nitrogen and oxygen atoms in total. The average molecular weight is 343 g/mol. The van der Waals surface area contributed by atoms with E-state index in [1.165, 1.54) is 12.4 Å². The SMILES string of the molecule is CC(NC(=O)c1cnc(Nc2ccc(C#N)cc2)nc1)c1ccccc1. The second-order valence-electron chi connectivity index (χ2n) is 5.72. The minimum Gasteiger partial charge on any atom is -0.345 e. The van der Waals surface area contributed by atoms with Crippen LogP contribution in [0, 0.1) is 11.3 Å². The zero-order valence-corrected chi connectivity index (χ0v) is 14.2. The Balaban J connectivity index is 1.63. The fourth-order valence-electron chi connectivity index (χ4n) is 2.37. The van der Waals surface area contributed by atoms with E-state index in [2.05, 4.69) is 26.7 Å². The molecule has 1 unspecified atom stereocenters. The molecule has 26 heavy (non-hydrogen) atoms. The number of amides is 1. The van der Waals surface area contributed by atoms with Gasteiger partial charge in [-0.1, -0.05) is 30.3 Å². The molecule has 0 aliphatic heterocycles. The van der Waals surface area contributed by atoms with Crippen molar-refractivity contribution in [2.45, 2.75) is 13.0 Å². The van der Waals surface area contributed by atoms with Gasteiger partial charge >= 0.3 is 0 Å². The zero-order chi connectivity index (χ0) is 18.4. The van der Waals surface area contributed by atoms with Crippen molar-refractivity contribution in [2.75, 3.05) is 5.32 Å². The van der Waals surface area contributed by atoms with Gasteiger partial charge in [0.2, 0.25) is 5.95 Å². The summed E-state index contributed by atoms with van der Waals surface area (Å²) in [6.45, 7) is 1.93. The number of carbonyl (C=O) groups is 1. The lowest BCUT2D eigenvalue weighted by Gasteiger charge is -2.14. The van der Waals surface area contributed by atoms with Gasteiger partial charge < -0.3 is 10.6 Å². The van der Waals surface area contributed by atoms with Crippen molar-refractivity contribution in [3.8, 4) is 6.07 Å². The van der Waals surface area contributed by atoms with Gasteiger partial charge in [0.05, 0.1) is 23.2 Å². The summed E-state index contributed by atoms with van der Waals surface area (Å²) in [6, 6.07) is 18.6. The molecule has 0 saturated carbocycles. The van der Waals surface area contributed by atoms with Gasteiger partial charge in [0.1, 0.15) is 0 Å². The maximum atomic E-state index is 12.3. The monoisotopic (exact) mass is 343 g/mol. The van der Waals surface area contributed by atoms with Gasteiger partial charge in [-0.05, 0) is 36.8 Å². The normalized spacial score (nSPS) is 11.2. The molecule has 0 aliphatic carbocycles. The van der Waals surface area contributed by atoms with Crippen molar-refractivity contribution < 1.29 is 4.79 Å². The van der Waals surface area contributed by atoms with Crippen LogP contribution in [0.4, 0.5) is 11.6 Å². The molecule has 2 aromatic carbocycles. The van der Waals surface area contributed by atoms with E-state index in [1.54, 1.807) is 24.3 Å².